The molecule has 0 atom stereocenters. The summed E-state index contributed by atoms with van der Waals surface area (Å²) in [7, 11) is 0. The van der Waals surface area contributed by atoms with Crippen molar-refractivity contribution >= 4 is 0 Å². The van der Waals surface area contributed by atoms with Gasteiger partial charge in [-0.3, -0.25) is 0 Å². The summed E-state index contributed by atoms with van der Waals surface area (Å²) < 4.78 is 0. The van der Waals surface area contributed by atoms with Gasteiger partial charge in [0.1, 0.15) is 0 Å². The molecule has 0 aromatic carbocycles. The highest BCUT2D eigenvalue weighted by Crippen LogP contribution is 2.50. The zero-order valence-corrected chi connectivity index (χ0v) is 7.56. The molecule has 66 valence electrons. The first-order valence-electron chi connectivity index (χ1n) is 4.46. The molecule has 1 aliphatic carbocycles. The van der Waals surface area contributed by atoms with Crippen LogP contribution in [-0.2, 0) is 0 Å². The van der Waals surface area contributed by atoms with Gasteiger partial charge in [-0.2, -0.15) is 0 Å². The zero-order valence-electron chi connectivity index (χ0n) is 7.56. The summed E-state index contributed by atoms with van der Waals surface area (Å²) in [5, 5.41) is 9.55. The lowest BCUT2D eigenvalue weighted by molar-refractivity contribution is -0.114. The Bertz CT molecular complexity index is 134. The molecular weight excluding hydrogens is 138 g/mol. The minimum absolute atomic E-state index is 0.276. The predicted molar refractivity (Wildman–Crippen MR) is 46.3 cm³/mol. The van der Waals surface area contributed by atoms with Crippen LogP contribution in [0.3, 0.4) is 0 Å². The number of aliphatic hydroxyl groups is 1. The van der Waals surface area contributed by atoms with E-state index in [1.54, 1.807) is 0 Å². The smallest absolute Gasteiger partial charge is 0.0631 e. The van der Waals surface area contributed by atoms with Gasteiger partial charge in [-0.05, 0) is 38.1 Å². The quantitative estimate of drug-likeness (QED) is 0.648. The lowest BCUT2D eigenvalue weighted by atomic mass is 9.58. The second-order valence-corrected chi connectivity index (χ2v) is 4.30. The maximum absolute atomic E-state index is 9.55. The van der Waals surface area contributed by atoms with E-state index < -0.39 is 5.60 Å². The first-order valence-corrected chi connectivity index (χ1v) is 4.46. The standard InChI is InChI=1S/C9H19NO/c1-3-4-9(7-10)5-8(2,11)6-9/h11H,3-7,10H2,1-2H3. The number of nitrogens with two attached hydrogens (primary N) is 1. The van der Waals surface area contributed by atoms with Crippen LogP contribution in [0, 0.1) is 5.41 Å². The van der Waals surface area contributed by atoms with Crippen LogP contribution in [0.5, 0.6) is 0 Å². The molecule has 2 nitrogen and oxygen atoms in total. The van der Waals surface area contributed by atoms with Gasteiger partial charge in [0, 0.05) is 0 Å². The largest absolute Gasteiger partial charge is 0.390 e. The van der Waals surface area contributed by atoms with Crippen LogP contribution in [0.25, 0.3) is 0 Å². The van der Waals surface area contributed by atoms with Gasteiger partial charge in [0.15, 0.2) is 0 Å². The van der Waals surface area contributed by atoms with Crippen molar-refractivity contribution in [2.75, 3.05) is 6.54 Å². The van der Waals surface area contributed by atoms with Crippen LogP contribution >= 0.6 is 0 Å². The van der Waals surface area contributed by atoms with Crippen molar-refractivity contribution in [2.24, 2.45) is 11.1 Å². The van der Waals surface area contributed by atoms with Crippen LogP contribution in [0.1, 0.15) is 39.5 Å². The van der Waals surface area contributed by atoms with Crippen LogP contribution in [0.4, 0.5) is 0 Å². The van der Waals surface area contributed by atoms with Gasteiger partial charge in [0.05, 0.1) is 5.60 Å². The van der Waals surface area contributed by atoms with Crippen molar-refractivity contribution in [2.45, 2.75) is 45.1 Å². The predicted octanol–water partition coefficient (Wildman–Crippen LogP) is 1.28. The second kappa shape index (κ2) is 2.76. The van der Waals surface area contributed by atoms with Crippen LogP contribution < -0.4 is 5.73 Å². The monoisotopic (exact) mass is 157 g/mol. The molecule has 1 rings (SSSR count). The molecule has 0 unspecified atom stereocenters. The van der Waals surface area contributed by atoms with Crippen LogP contribution in [0.2, 0.25) is 0 Å². The molecule has 0 aromatic rings. The van der Waals surface area contributed by atoms with E-state index in [4.69, 9.17) is 5.73 Å². The molecule has 3 N–H and O–H groups in total. The fourth-order valence-corrected chi connectivity index (χ4v) is 2.52. The Hall–Kier alpha value is -0.0800. The summed E-state index contributed by atoms with van der Waals surface area (Å²) in [5.41, 5.74) is 5.52. The molecule has 1 aliphatic rings. The van der Waals surface area contributed by atoms with Crippen LogP contribution in [-0.4, -0.2) is 17.3 Å². The van der Waals surface area contributed by atoms with Crippen molar-refractivity contribution < 1.29 is 5.11 Å². The lowest BCUT2D eigenvalue weighted by Gasteiger charge is -2.51. The minimum Gasteiger partial charge on any atom is -0.390 e. The summed E-state index contributed by atoms with van der Waals surface area (Å²) in [6, 6.07) is 0. The maximum atomic E-state index is 9.55. The summed E-state index contributed by atoms with van der Waals surface area (Å²) in [6.45, 7) is 4.80. The van der Waals surface area contributed by atoms with E-state index in [9.17, 15) is 5.11 Å². The van der Waals surface area contributed by atoms with Crippen molar-refractivity contribution in [3.8, 4) is 0 Å². The van der Waals surface area contributed by atoms with Gasteiger partial charge in [-0.1, -0.05) is 13.3 Å². The summed E-state index contributed by atoms with van der Waals surface area (Å²) in [6.07, 6.45) is 4.13. The molecule has 0 amide bonds. The number of hydrogen-bond acceptors (Lipinski definition) is 2. The normalized spacial score (nSPS) is 43.6. The Morgan fingerprint density at radius 3 is 2.27 bits per heavy atom. The van der Waals surface area contributed by atoms with E-state index in [0.29, 0.717) is 0 Å². The summed E-state index contributed by atoms with van der Waals surface area (Å²) in [5.74, 6) is 0. The third-order valence-electron chi connectivity index (χ3n) is 2.73. The van der Waals surface area contributed by atoms with Gasteiger partial charge >= 0.3 is 0 Å². The van der Waals surface area contributed by atoms with Gasteiger partial charge in [-0.15, -0.1) is 0 Å². The van der Waals surface area contributed by atoms with E-state index >= 15 is 0 Å². The molecule has 1 fully saturated rings. The molecule has 0 bridgehead atoms. The van der Waals surface area contributed by atoms with Gasteiger partial charge in [0.25, 0.3) is 0 Å². The Kier molecular flexibility index (Phi) is 2.26. The van der Waals surface area contributed by atoms with Crippen molar-refractivity contribution in [1.82, 2.24) is 0 Å². The van der Waals surface area contributed by atoms with E-state index in [2.05, 4.69) is 6.92 Å². The highest BCUT2D eigenvalue weighted by Gasteiger charge is 2.49. The highest BCUT2D eigenvalue weighted by atomic mass is 16.3. The Labute approximate surface area is 68.8 Å². The lowest BCUT2D eigenvalue weighted by Crippen LogP contribution is -2.53. The number of rotatable bonds is 3. The molecule has 11 heavy (non-hydrogen) atoms. The third kappa shape index (κ3) is 1.74. The van der Waals surface area contributed by atoms with Crippen LogP contribution in [0.15, 0.2) is 0 Å². The van der Waals surface area contributed by atoms with Gasteiger partial charge < -0.3 is 10.8 Å². The van der Waals surface area contributed by atoms with E-state index in [0.717, 1.165) is 19.4 Å². The van der Waals surface area contributed by atoms with Crippen molar-refractivity contribution in [3.63, 3.8) is 0 Å². The summed E-state index contributed by atoms with van der Waals surface area (Å²) >= 11 is 0. The van der Waals surface area contributed by atoms with E-state index in [-0.39, 0.29) is 5.41 Å². The molecular formula is C9H19NO. The average molecular weight is 157 g/mol. The molecule has 0 spiro atoms. The topological polar surface area (TPSA) is 46.2 Å². The van der Waals surface area contributed by atoms with E-state index in [1.165, 1.54) is 12.8 Å². The molecule has 0 radical (unpaired) electrons. The molecule has 0 aromatic heterocycles. The first-order chi connectivity index (χ1) is 5.04. The maximum Gasteiger partial charge on any atom is 0.0631 e. The highest BCUT2D eigenvalue weighted by molar-refractivity contribution is 5.01. The minimum atomic E-state index is -0.422. The second-order valence-electron chi connectivity index (χ2n) is 4.30. The first kappa shape index (κ1) is 9.01. The average Bonchev–Trinajstić information content (AvgIpc) is 1.84. The van der Waals surface area contributed by atoms with Gasteiger partial charge in [0.2, 0.25) is 0 Å². The fourth-order valence-electron chi connectivity index (χ4n) is 2.52. The van der Waals surface area contributed by atoms with Crippen molar-refractivity contribution in [1.29, 1.82) is 0 Å². The Morgan fingerprint density at radius 1 is 1.45 bits per heavy atom. The fraction of sp³-hybridized carbons (Fsp3) is 1.00. The molecule has 0 aliphatic heterocycles. The number of hydrogen-bond donors (Lipinski definition) is 2. The molecule has 2 heteroatoms. The van der Waals surface area contributed by atoms with E-state index in [1.807, 2.05) is 6.92 Å². The summed E-state index contributed by atoms with van der Waals surface area (Å²) in [4.78, 5) is 0. The Morgan fingerprint density at radius 2 is 2.00 bits per heavy atom. The van der Waals surface area contributed by atoms with Crippen molar-refractivity contribution in [3.05, 3.63) is 0 Å². The zero-order chi connectivity index (χ0) is 8.54. The van der Waals surface area contributed by atoms with Gasteiger partial charge in [-0.25, -0.2) is 0 Å². The third-order valence-corrected chi connectivity index (χ3v) is 2.73. The Balaban J connectivity index is 2.43. The molecule has 0 heterocycles. The SMILES string of the molecule is CCCC1(CN)CC(C)(O)C1. The molecule has 1 saturated carbocycles. The molecule has 0 saturated heterocycles.